The number of nitrogens with zero attached hydrogens (tertiary/aromatic N) is 3. The van der Waals surface area contributed by atoms with Gasteiger partial charge in [-0.3, -0.25) is 9.59 Å². The number of rotatable bonds is 8. The van der Waals surface area contributed by atoms with Crippen molar-refractivity contribution in [3.8, 4) is 10.4 Å². The number of hydrogen-bond acceptors (Lipinski definition) is 7. The molecule has 2 bridgehead atoms. The number of fused-ring (bicyclic) bond motifs is 2. The number of anilines is 1. The van der Waals surface area contributed by atoms with Crippen molar-refractivity contribution >= 4 is 29.0 Å². The molecule has 0 aromatic carbocycles. The van der Waals surface area contributed by atoms with Gasteiger partial charge in [0.15, 0.2) is 5.01 Å². The van der Waals surface area contributed by atoms with Crippen molar-refractivity contribution in [3.05, 3.63) is 28.5 Å². The van der Waals surface area contributed by atoms with E-state index in [1.165, 1.54) is 0 Å². The van der Waals surface area contributed by atoms with E-state index in [-0.39, 0.29) is 45.1 Å². The SMILES string of the molecule is O=C(N[C@H]1CC[C@H](O)C1)c1nc(C(=O)N2C3CCC2CC3)c(-c2cnc(N[C@@H](C3CC3)C(F)(F)F)cc2C(F)F)s1. The standard InChI is InChI=1S/C27H30F5N5O3S/c28-23(29)17-10-19(35-22(12-1-2-12)27(30,31)32)33-11-18(17)21-20(26(40)37-14-4-5-15(37)7-6-14)36-25(41-21)24(39)34-13-3-8-16(38)9-13/h10-16,22-23,38H,1-9H2,(H,33,35)(H,34,39)/t13-,14?,15?,16-,22-/m0/s1. The quantitative estimate of drug-likeness (QED) is 0.356. The molecule has 2 aromatic rings. The largest absolute Gasteiger partial charge is 0.408 e. The molecule has 0 radical (unpaired) electrons. The summed E-state index contributed by atoms with van der Waals surface area (Å²) in [5, 5.41) is 14.8. The maximum atomic E-state index is 14.4. The molecular formula is C27H30F5N5O3S. The van der Waals surface area contributed by atoms with Crippen molar-refractivity contribution in [2.45, 2.75) is 101 Å². The molecular weight excluding hydrogens is 569 g/mol. The van der Waals surface area contributed by atoms with E-state index in [1.807, 2.05) is 0 Å². The van der Waals surface area contributed by atoms with Crippen molar-refractivity contribution < 1.29 is 36.6 Å². The third-order valence-corrected chi connectivity index (χ3v) is 9.70. The Hall–Kier alpha value is -2.87. The lowest BCUT2D eigenvalue weighted by atomic mass is 10.0. The monoisotopic (exact) mass is 599 g/mol. The first-order valence-electron chi connectivity index (χ1n) is 13.9. The summed E-state index contributed by atoms with van der Waals surface area (Å²) in [6.45, 7) is 0. The Kier molecular flexibility index (Phi) is 7.41. The molecule has 4 aliphatic rings. The number of alkyl halides is 5. The van der Waals surface area contributed by atoms with Crippen LogP contribution in [0.25, 0.3) is 10.4 Å². The first-order chi connectivity index (χ1) is 19.5. The van der Waals surface area contributed by atoms with E-state index in [0.717, 1.165) is 49.3 Å². The Balaban J connectivity index is 1.36. The van der Waals surface area contributed by atoms with Crippen LogP contribution in [-0.4, -0.2) is 68.2 Å². The van der Waals surface area contributed by atoms with Gasteiger partial charge in [-0.05, 0) is 69.8 Å². The molecule has 2 aliphatic heterocycles. The van der Waals surface area contributed by atoms with Gasteiger partial charge in [-0.15, -0.1) is 11.3 Å². The number of amides is 2. The van der Waals surface area contributed by atoms with Gasteiger partial charge in [0.25, 0.3) is 18.2 Å². The Labute approximate surface area is 236 Å². The lowest BCUT2D eigenvalue weighted by Gasteiger charge is -2.23. The van der Waals surface area contributed by atoms with Crippen LogP contribution >= 0.6 is 11.3 Å². The predicted molar refractivity (Wildman–Crippen MR) is 140 cm³/mol. The van der Waals surface area contributed by atoms with Crippen LogP contribution in [0.5, 0.6) is 0 Å². The number of halogens is 5. The van der Waals surface area contributed by atoms with Crippen molar-refractivity contribution in [3.63, 3.8) is 0 Å². The van der Waals surface area contributed by atoms with Crippen LogP contribution in [0, 0.1) is 5.92 Å². The van der Waals surface area contributed by atoms with Gasteiger partial charge in [0, 0.05) is 35.4 Å². The predicted octanol–water partition coefficient (Wildman–Crippen LogP) is 5.31. The van der Waals surface area contributed by atoms with E-state index < -0.39 is 48.0 Å². The van der Waals surface area contributed by atoms with E-state index in [2.05, 4.69) is 20.6 Å². The van der Waals surface area contributed by atoms with Crippen LogP contribution in [0.15, 0.2) is 12.3 Å². The highest BCUT2D eigenvalue weighted by atomic mass is 32.1. The molecule has 14 heteroatoms. The summed E-state index contributed by atoms with van der Waals surface area (Å²) in [7, 11) is 0. The fraction of sp³-hybridized carbons (Fsp3) is 0.630. The maximum Gasteiger partial charge on any atom is 0.408 e. The van der Waals surface area contributed by atoms with Crippen molar-refractivity contribution in [2.24, 2.45) is 5.92 Å². The number of carbonyl (C=O) groups is 2. The third-order valence-electron chi connectivity index (χ3n) is 8.62. The highest BCUT2D eigenvalue weighted by Gasteiger charge is 2.49. The minimum Gasteiger partial charge on any atom is -0.393 e. The summed E-state index contributed by atoms with van der Waals surface area (Å²) in [6, 6.07) is -1.27. The molecule has 41 heavy (non-hydrogen) atoms. The van der Waals surface area contributed by atoms with Gasteiger partial charge in [0.1, 0.15) is 17.6 Å². The molecule has 222 valence electrons. The zero-order valence-corrected chi connectivity index (χ0v) is 22.8. The minimum absolute atomic E-state index is 0.0142. The van der Waals surface area contributed by atoms with Crippen LogP contribution in [0.2, 0.25) is 0 Å². The molecule has 2 saturated heterocycles. The lowest BCUT2D eigenvalue weighted by Crippen LogP contribution is -2.38. The molecule has 0 spiro atoms. The zero-order valence-electron chi connectivity index (χ0n) is 22.0. The second kappa shape index (κ2) is 10.8. The van der Waals surface area contributed by atoms with Gasteiger partial charge in [-0.25, -0.2) is 18.7 Å². The smallest absolute Gasteiger partial charge is 0.393 e. The summed E-state index contributed by atoms with van der Waals surface area (Å²) in [5.74, 6) is -2.02. The lowest BCUT2D eigenvalue weighted by molar-refractivity contribution is -0.146. The fourth-order valence-electron chi connectivity index (χ4n) is 6.42. The van der Waals surface area contributed by atoms with Crippen LogP contribution in [0.3, 0.4) is 0 Å². The second-order valence-corrected chi connectivity index (χ2v) is 12.5. The Bertz CT molecular complexity index is 1310. The minimum atomic E-state index is -4.57. The topological polar surface area (TPSA) is 107 Å². The van der Waals surface area contributed by atoms with Crippen LogP contribution in [0.4, 0.5) is 27.8 Å². The molecule has 2 amide bonds. The molecule has 2 aromatic heterocycles. The van der Waals surface area contributed by atoms with Gasteiger partial charge < -0.3 is 20.6 Å². The third kappa shape index (κ3) is 5.64. The van der Waals surface area contributed by atoms with Crippen molar-refractivity contribution in [1.29, 1.82) is 0 Å². The zero-order chi connectivity index (χ0) is 29.1. The fourth-order valence-corrected chi connectivity index (χ4v) is 7.42. The average molecular weight is 600 g/mol. The Morgan fingerprint density at radius 2 is 1.73 bits per heavy atom. The Morgan fingerprint density at radius 1 is 1.05 bits per heavy atom. The molecule has 3 atom stereocenters. The van der Waals surface area contributed by atoms with E-state index in [9.17, 15) is 36.6 Å². The summed E-state index contributed by atoms with van der Waals surface area (Å²) >= 11 is 0.778. The number of thiazole rings is 1. The molecule has 0 unspecified atom stereocenters. The van der Waals surface area contributed by atoms with Gasteiger partial charge >= 0.3 is 6.18 Å². The number of carbonyl (C=O) groups excluding carboxylic acids is 2. The molecule has 3 N–H and O–H groups in total. The highest BCUT2D eigenvalue weighted by Crippen LogP contribution is 2.44. The number of pyridine rings is 1. The van der Waals surface area contributed by atoms with Gasteiger partial charge in [-0.2, -0.15) is 13.2 Å². The van der Waals surface area contributed by atoms with E-state index in [1.54, 1.807) is 4.90 Å². The molecule has 2 aliphatic carbocycles. The number of aliphatic hydroxyl groups is 1. The summed E-state index contributed by atoms with van der Waals surface area (Å²) in [5.41, 5.74) is -0.892. The molecule has 6 rings (SSSR count). The van der Waals surface area contributed by atoms with Crippen LogP contribution in [0.1, 0.15) is 90.1 Å². The Morgan fingerprint density at radius 3 is 2.29 bits per heavy atom. The summed E-state index contributed by atoms with van der Waals surface area (Å²) < 4.78 is 69.5. The number of hydrogen-bond donors (Lipinski definition) is 3. The first-order valence-corrected chi connectivity index (χ1v) is 14.8. The number of aromatic nitrogens is 2. The van der Waals surface area contributed by atoms with Crippen molar-refractivity contribution in [2.75, 3.05) is 5.32 Å². The van der Waals surface area contributed by atoms with E-state index in [4.69, 9.17) is 0 Å². The average Bonchev–Trinajstić information content (AvgIpc) is 3.23. The number of nitrogens with one attached hydrogen (secondary N) is 2. The van der Waals surface area contributed by atoms with Crippen LogP contribution in [-0.2, 0) is 0 Å². The van der Waals surface area contributed by atoms with Gasteiger partial charge in [0.2, 0.25) is 0 Å². The van der Waals surface area contributed by atoms with Gasteiger partial charge in [0.05, 0.1) is 11.0 Å². The normalized spacial score (nSPS) is 26.6. The number of aliphatic hydroxyl groups excluding tert-OH is 1. The van der Waals surface area contributed by atoms with Crippen LogP contribution < -0.4 is 10.6 Å². The second-order valence-electron chi connectivity index (χ2n) is 11.5. The summed E-state index contributed by atoms with van der Waals surface area (Å²) in [6.07, 6.45) is -1.59. The molecule has 4 heterocycles. The molecule has 8 nitrogen and oxygen atoms in total. The van der Waals surface area contributed by atoms with E-state index >= 15 is 0 Å². The van der Waals surface area contributed by atoms with E-state index in [0.29, 0.717) is 32.1 Å². The summed E-state index contributed by atoms with van der Waals surface area (Å²) in [4.78, 5) is 37.0. The molecule has 4 fully saturated rings. The van der Waals surface area contributed by atoms with Gasteiger partial charge in [-0.1, -0.05) is 0 Å². The van der Waals surface area contributed by atoms with Crippen molar-refractivity contribution in [1.82, 2.24) is 20.2 Å². The maximum absolute atomic E-state index is 14.4. The first kappa shape index (κ1) is 28.3. The molecule has 2 saturated carbocycles. The highest BCUT2D eigenvalue weighted by molar-refractivity contribution is 7.17.